The van der Waals surface area contributed by atoms with E-state index in [4.69, 9.17) is 9.47 Å². The zero-order chi connectivity index (χ0) is 21.6. The highest BCUT2D eigenvalue weighted by Crippen LogP contribution is 2.26. The average molecular weight is 420 g/mol. The Kier molecular flexibility index (Phi) is 6.40. The molecule has 2 N–H and O–H groups in total. The number of methoxy groups -OCH3 is 1. The molecule has 2 amide bonds. The van der Waals surface area contributed by atoms with E-state index >= 15 is 0 Å². The van der Waals surface area contributed by atoms with Crippen LogP contribution >= 0.6 is 0 Å². The second-order valence-corrected chi connectivity index (χ2v) is 7.22. The zero-order valence-corrected chi connectivity index (χ0v) is 17.2. The lowest BCUT2D eigenvalue weighted by Gasteiger charge is -2.26. The van der Waals surface area contributed by atoms with Crippen molar-refractivity contribution in [1.82, 2.24) is 15.1 Å². The lowest BCUT2D eigenvalue weighted by Crippen LogP contribution is -2.31. The number of fused-ring (bicyclic) bond motifs is 1. The van der Waals surface area contributed by atoms with Crippen molar-refractivity contribution >= 4 is 17.5 Å². The minimum absolute atomic E-state index is 0.0317. The normalized spacial score (nSPS) is 15.2. The van der Waals surface area contributed by atoms with E-state index in [1.165, 1.54) is 18.9 Å². The van der Waals surface area contributed by atoms with E-state index < -0.39 is 0 Å². The predicted octanol–water partition coefficient (Wildman–Crippen LogP) is 2.50. The molecule has 8 nitrogen and oxygen atoms in total. The monoisotopic (exact) mass is 420 g/mol. The number of nitrogens with one attached hydrogen (secondary N) is 2. The van der Waals surface area contributed by atoms with Crippen LogP contribution < -0.4 is 10.6 Å². The van der Waals surface area contributed by atoms with Crippen LogP contribution in [-0.4, -0.2) is 48.5 Å². The highest BCUT2D eigenvalue weighted by Gasteiger charge is 2.21. The van der Waals surface area contributed by atoms with Gasteiger partial charge in [0.1, 0.15) is 12.7 Å². The van der Waals surface area contributed by atoms with Crippen LogP contribution in [0, 0.1) is 0 Å². The molecule has 1 aliphatic heterocycles. The fourth-order valence-corrected chi connectivity index (χ4v) is 3.58. The van der Waals surface area contributed by atoms with Gasteiger partial charge in [0.05, 0.1) is 30.4 Å². The van der Waals surface area contributed by atoms with Crippen molar-refractivity contribution in [2.75, 3.05) is 32.2 Å². The summed E-state index contributed by atoms with van der Waals surface area (Å²) in [7, 11) is 1.46. The summed E-state index contributed by atoms with van der Waals surface area (Å²) in [5, 5.41) is 9.92. The molecule has 1 aliphatic rings. The molecule has 0 bridgehead atoms. The van der Waals surface area contributed by atoms with Gasteiger partial charge in [0.2, 0.25) is 5.91 Å². The molecule has 0 radical (unpaired) electrons. The molecular formula is C23H24N4O4. The topological polar surface area (TPSA) is 94.5 Å². The molecule has 0 spiro atoms. The van der Waals surface area contributed by atoms with E-state index in [9.17, 15) is 9.59 Å². The third-order valence-corrected chi connectivity index (χ3v) is 5.06. The molecule has 1 aromatic heterocycles. The highest BCUT2D eigenvalue weighted by molar-refractivity contribution is 5.94. The molecule has 3 aromatic rings. The number of nitrogens with zero attached hydrogens (tertiary/aromatic N) is 2. The smallest absolute Gasteiger partial charge is 0.251 e. The maximum Gasteiger partial charge on any atom is 0.251 e. The Morgan fingerprint density at radius 3 is 2.97 bits per heavy atom. The van der Waals surface area contributed by atoms with Crippen molar-refractivity contribution < 1.29 is 19.1 Å². The Balaban J connectivity index is 1.41. The highest BCUT2D eigenvalue weighted by atomic mass is 16.5. The third kappa shape index (κ3) is 4.99. The van der Waals surface area contributed by atoms with E-state index in [0.717, 1.165) is 12.0 Å². The zero-order valence-electron chi connectivity index (χ0n) is 17.2. The van der Waals surface area contributed by atoms with Crippen LogP contribution in [-0.2, 0) is 20.7 Å². The number of ether oxygens (including phenoxy) is 2. The Morgan fingerprint density at radius 1 is 1.23 bits per heavy atom. The Bertz CT molecular complexity index is 1080. The molecular weight excluding hydrogens is 396 g/mol. The second-order valence-electron chi connectivity index (χ2n) is 7.22. The molecule has 31 heavy (non-hydrogen) atoms. The first-order chi connectivity index (χ1) is 15.1. The van der Waals surface area contributed by atoms with Crippen LogP contribution in [0.3, 0.4) is 0 Å². The van der Waals surface area contributed by atoms with Crippen LogP contribution in [0.2, 0.25) is 0 Å². The summed E-state index contributed by atoms with van der Waals surface area (Å²) in [6.07, 6.45) is 3.96. The summed E-state index contributed by atoms with van der Waals surface area (Å²) < 4.78 is 12.3. The summed E-state index contributed by atoms with van der Waals surface area (Å²) in [6, 6.07) is 15.3. The minimum Gasteiger partial charge on any atom is -0.375 e. The molecule has 8 heteroatoms. The standard InChI is InChI=1S/C23H24N4O4/c1-30-15-22(28)26-18-12-25-27(14-18)19-7-4-6-17(11-19)23(29)24-13-21-20-8-3-2-5-16(20)9-10-31-21/h2-8,11-12,14,21H,9-10,13,15H2,1H3,(H,24,29)(H,26,28). The Morgan fingerprint density at radius 2 is 2.10 bits per heavy atom. The number of anilines is 1. The van der Waals surface area contributed by atoms with Gasteiger partial charge >= 0.3 is 0 Å². The first-order valence-corrected chi connectivity index (χ1v) is 10.1. The molecule has 1 unspecified atom stereocenters. The van der Waals surface area contributed by atoms with Gasteiger partial charge in [0.25, 0.3) is 5.91 Å². The van der Waals surface area contributed by atoms with Gasteiger partial charge in [-0.3, -0.25) is 9.59 Å². The molecule has 0 saturated carbocycles. The van der Waals surface area contributed by atoms with Crippen LogP contribution in [0.15, 0.2) is 60.9 Å². The summed E-state index contributed by atoms with van der Waals surface area (Å²) in [6.45, 7) is 1.02. The molecule has 0 fully saturated rings. The van der Waals surface area contributed by atoms with Crippen LogP contribution in [0.1, 0.15) is 27.6 Å². The van der Waals surface area contributed by atoms with Gasteiger partial charge in [-0.2, -0.15) is 5.10 Å². The van der Waals surface area contributed by atoms with Gasteiger partial charge in [0.15, 0.2) is 0 Å². The SMILES string of the molecule is COCC(=O)Nc1cnn(-c2cccc(C(=O)NCC3OCCc4ccccc43)c2)c1. The van der Waals surface area contributed by atoms with E-state index in [0.29, 0.717) is 30.1 Å². The van der Waals surface area contributed by atoms with Gasteiger partial charge in [-0.25, -0.2) is 4.68 Å². The number of carbonyl (C=O) groups is 2. The predicted molar refractivity (Wildman–Crippen MR) is 115 cm³/mol. The van der Waals surface area contributed by atoms with Crippen LogP contribution in [0.4, 0.5) is 5.69 Å². The summed E-state index contributed by atoms with van der Waals surface area (Å²) in [5.41, 5.74) is 4.16. The average Bonchev–Trinajstić information content (AvgIpc) is 3.26. The van der Waals surface area contributed by atoms with E-state index in [-0.39, 0.29) is 24.5 Å². The van der Waals surface area contributed by atoms with Crippen molar-refractivity contribution in [2.45, 2.75) is 12.5 Å². The number of hydrogen-bond acceptors (Lipinski definition) is 5. The molecule has 4 rings (SSSR count). The maximum absolute atomic E-state index is 12.7. The lowest BCUT2D eigenvalue weighted by atomic mass is 9.97. The molecule has 0 saturated heterocycles. The van der Waals surface area contributed by atoms with Crippen molar-refractivity contribution in [1.29, 1.82) is 0 Å². The largest absolute Gasteiger partial charge is 0.375 e. The van der Waals surface area contributed by atoms with Crippen molar-refractivity contribution in [3.63, 3.8) is 0 Å². The molecule has 2 heterocycles. The Labute approximate surface area is 180 Å². The quantitative estimate of drug-likeness (QED) is 0.613. The third-order valence-electron chi connectivity index (χ3n) is 5.06. The van der Waals surface area contributed by atoms with Crippen molar-refractivity contribution in [3.05, 3.63) is 77.6 Å². The van der Waals surface area contributed by atoms with E-state index in [1.807, 2.05) is 24.3 Å². The number of rotatable bonds is 7. The second kappa shape index (κ2) is 9.55. The number of amides is 2. The number of hydrogen-bond donors (Lipinski definition) is 2. The fourth-order valence-electron chi connectivity index (χ4n) is 3.58. The molecule has 2 aromatic carbocycles. The van der Waals surface area contributed by atoms with E-state index in [1.54, 1.807) is 29.1 Å². The van der Waals surface area contributed by atoms with Crippen molar-refractivity contribution in [3.8, 4) is 5.69 Å². The Hall–Kier alpha value is -3.49. The number of carbonyl (C=O) groups excluding carboxylic acids is 2. The number of benzene rings is 2. The van der Waals surface area contributed by atoms with Gasteiger partial charge in [-0.1, -0.05) is 30.3 Å². The van der Waals surface area contributed by atoms with Crippen LogP contribution in [0.25, 0.3) is 5.69 Å². The van der Waals surface area contributed by atoms with Gasteiger partial charge in [-0.15, -0.1) is 0 Å². The van der Waals surface area contributed by atoms with Crippen molar-refractivity contribution in [2.24, 2.45) is 0 Å². The van der Waals surface area contributed by atoms with Crippen LogP contribution in [0.5, 0.6) is 0 Å². The summed E-state index contributed by atoms with van der Waals surface area (Å²) >= 11 is 0. The maximum atomic E-state index is 12.7. The molecule has 0 aliphatic carbocycles. The van der Waals surface area contributed by atoms with Gasteiger partial charge < -0.3 is 20.1 Å². The fraction of sp³-hybridized carbons (Fsp3) is 0.261. The minimum atomic E-state index is -0.262. The van der Waals surface area contributed by atoms with E-state index in [2.05, 4.69) is 21.8 Å². The summed E-state index contributed by atoms with van der Waals surface area (Å²) in [4.78, 5) is 24.4. The lowest BCUT2D eigenvalue weighted by molar-refractivity contribution is -0.119. The summed E-state index contributed by atoms with van der Waals surface area (Å²) in [5.74, 6) is -0.448. The first-order valence-electron chi connectivity index (χ1n) is 10.1. The van der Waals surface area contributed by atoms with Gasteiger partial charge in [0, 0.05) is 19.2 Å². The molecule has 1 atom stereocenters. The molecule has 160 valence electrons. The van der Waals surface area contributed by atoms with Gasteiger partial charge in [-0.05, 0) is 35.7 Å². The first kappa shape index (κ1) is 20.8. The number of aromatic nitrogens is 2.